The maximum Gasteiger partial charge on any atom is 0.252 e. The molecule has 0 saturated carbocycles. The van der Waals surface area contributed by atoms with E-state index in [0.717, 1.165) is 5.39 Å². The van der Waals surface area contributed by atoms with E-state index < -0.39 is 5.91 Å². The Morgan fingerprint density at radius 1 is 1.26 bits per heavy atom. The van der Waals surface area contributed by atoms with Crippen LogP contribution in [0.1, 0.15) is 21.5 Å². The maximum atomic E-state index is 11.2. The number of amidine groups is 1. The summed E-state index contributed by atoms with van der Waals surface area (Å²) in [7, 11) is 0. The van der Waals surface area contributed by atoms with E-state index in [1.165, 1.54) is 6.07 Å². The van der Waals surface area contributed by atoms with Crippen molar-refractivity contribution in [3.05, 3.63) is 41.0 Å². The van der Waals surface area contributed by atoms with Crippen molar-refractivity contribution in [2.45, 2.75) is 6.92 Å². The average molecular weight is 280 g/mol. The third-order valence-corrected chi connectivity index (χ3v) is 2.94. The van der Waals surface area contributed by atoms with Crippen molar-refractivity contribution in [3.63, 3.8) is 0 Å². The molecule has 5 nitrogen and oxygen atoms in total. The zero-order chi connectivity index (χ0) is 13.4. The Morgan fingerprint density at radius 3 is 2.42 bits per heavy atom. The van der Waals surface area contributed by atoms with Crippen molar-refractivity contribution >= 4 is 34.9 Å². The Bertz CT molecular complexity index is 683. The molecule has 1 amide bonds. The van der Waals surface area contributed by atoms with Crippen LogP contribution >= 0.6 is 12.4 Å². The van der Waals surface area contributed by atoms with Gasteiger partial charge >= 0.3 is 0 Å². The normalized spacial score (nSPS) is 9.95. The number of carbonyl (C=O) groups excluding carboxylic acids is 1. The highest BCUT2D eigenvalue weighted by Crippen LogP contribution is 2.30. The lowest BCUT2D eigenvalue weighted by molar-refractivity contribution is 0.0998. The third kappa shape index (κ3) is 2.46. The number of phenols is 1. The number of nitrogens with one attached hydrogen (secondary N) is 1. The third-order valence-electron chi connectivity index (χ3n) is 2.94. The van der Waals surface area contributed by atoms with Crippen LogP contribution in [-0.4, -0.2) is 16.8 Å². The predicted octanol–water partition coefficient (Wildman–Crippen LogP) is 1.66. The maximum absolute atomic E-state index is 11.2. The Labute approximate surface area is 116 Å². The zero-order valence-electron chi connectivity index (χ0n) is 10.2. The van der Waals surface area contributed by atoms with Gasteiger partial charge in [0.05, 0.1) is 5.56 Å². The Morgan fingerprint density at radius 2 is 1.89 bits per heavy atom. The second-order valence-corrected chi connectivity index (χ2v) is 4.11. The second-order valence-electron chi connectivity index (χ2n) is 4.11. The van der Waals surface area contributed by atoms with E-state index in [2.05, 4.69) is 0 Å². The molecule has 19 heavy (non-hydrogen) atoms. The van der Waals surface area contributed by atoms with E-state index >= 15 is 0 Å². The van der Waals surface area contributed by atoms with Crippen LogP contribution in [0.3, 0.4) is 0 Å². The number of benzene rings is 2. The molecule has 0 spiro atoms. The lowest BCUT2D eigenvalue weighted by Gasteiger charge is -2.10. The number of carbonyl (C=O) groups is 1. The molecular weight excluding hydrogens is 266 g/mol. The minimum absolute atomic E-state index is 0. The summed E-state index contributed by atoms with van der Waals surface area (Å²) in [5.74, 6) is -0.848. The van der Waals surface area contributed by atoms with Gasteiger partial charge in [-0.05, 0) is 35.4 Å². The van der Waals surface area contributed by atoms with E-state index in [9.17, 15) is 9.90 Å². The van der Waals surface area contributed by atoms with Crippen molar-refractivity contribution in [2.24, 2.45) is 11.5 Å². The number of primary amides is 1. The molecule has 0 saturated heterocycles. The van der Waals surface area contributed by atoms with Crippen LogP contribution in [0.4, 0.5) is 0 Å². The molecule has 0 heterocycles. The molecule has 0 unspecified atom stereocenters. The topological polar surface area (TPSA) is 113 Å². The van der Waals surface area contributed by atoms with Gasteiger partial charge in [0.15, 0.2) is 0 Å². The first kappa shape index (κ1) is 14.8. The highest BCUT2D eigenvalue weighted by Gasteiger charge is 2.13. The molecule has 2 rings (SSSR count). The number of amides is 1. The first-order chi connectivity index (χ1) is 8.41. The molecule has 0 aromatic heterocycles. The van der Waals surface area contributed by atoms with Gasteiger partial charge in [-0.1, -0.05) is 12.1 Å². The van der Waals surface area contributed by atoms with E-state index in [1.54, 1.807) is 25.1 Å². The summed E-state index contributed by atoms with van der Waals surface area (Å²) >= 11 is 0. The van der Waals surface area contributed by atoms with Crippen molar-refractivity contribution in [1.82, 2.24) is 0 Å². The first-order valence-electron chi connectivity index (χ1n) is 5.32. The lowest BCUT2D eigenvalue weighted by Crippen LogP contribution is -2.12. The molecule has 2 aromatic carbocycles. The number of fused-ring (bicyclic) bond motifs is 1. The fourth-order valence-electron chi connectivity index (χ4n) is 1.93. The molecule has 0 fully saturated rings. The predicted molar refractivity (Wildman–Crippen MR) is 77.1 cm³/mol. The van der Waals surface area contributed by atoms with Gasteiger partial charge in [0, 0.05) is 5.56 Å². The van der Waals surface area contributed by atoms with Crippen molar-refractivity contribution < 1.29 is 9.90 Å². The van der Waals surface area contributed by atoms with Crippen LogP contribution in [0.15, 0.2) is 24.3 Å². The minimum Gasteiger partial charge on any atom is -0.507 e. The SMILES string of the molecule is Cc1c(O)c(C(N)=O)cc2cc(C(=N)N)ccc12.Cl. The average Bonchev–Trinajstić information content (AvgIpc) is 2.32. The molecule has 0 aliphatic carbocycles. The number of hydrogen-bond acceptors (Lipinski definition) is 3. The molecule has 2 aromatic rings. The van der Waals surface area contributed by atoms with Gasteiger partial charge in [0.1, 0.15) is 11.6 Å². The largest absolute Gasteiger partial charge is 0.507 e. The van der Waals surface area contributed by atoms with Gasteiger partial charge in [0.25, 0.3) is 5.91 Å². The van der Waals surface area contributed by atoms with Crippen LogP contribution in [-0.2, 0) is 0 Å². The summed E-state index contributed by atoms with van der Waals surface area (Å²) in [6.07, 6.45) is 0. The standard InChI is InChI=1S/C13H13N3O2.ClH/c1-6-9-3-2-7(12(14)15)4-8(9)5-10(11(6)17)13(16)18;/h2-5,17H,1H3,(H3,14,15)(H2,16,18);1H. The highest BCUT2D eigenvalue weighted by molar-refractivity contribution is 6.04. The van der Waals surface area contributed by atoms with Crippen LogP contribution in [0.2, 0.25) is 0 Å². The molecule has 6 N–H and O–H groups in total. The second kappa shape index (κ2) is 5.16. The number of nitrogens with two attached hydrogens (primary N) is 2. The fraction of sp³-hybridized carbons (Fsp3) is 0.0769. The number of aromatic hydroxyl groups is 1. The number of aryl methyl sites for hydroxylation is 1. The van der Waals surface area contributed by atoms with Crippen molar-refractivity contribution in [3.8, 4) is 5.75 Å². The number of rotatable bonds is 2. The molecule has 0 atom stereocenters. The summed E-state index contributed by atoms with van der Waals surface area (Å²) < 4.78 is 0. The van der Waals surface area contributed by atoms with Crippen LogP contribution in [0.5, 0.6) is 5.75 Å². The first-order valence-corrected chi connectivity index (χ1v) is 5.32. The molecule has 0 bridgehead atoms. The Hall–Kier alpha value is -2.27. The summed E-state index contributed by atoms with van der Waals surface area (Å²) in [6.45, 7) is 1.71. The molecule has 0 aliphatic heterocycles. The quantitative estimate of drug-likeness (QED) is 0.495. The molecule has 0 aliphatic rings. The summed E-state index contributed by atoms with van der Waals surface area (Å²) in [6, 6.07) is 6.65. The van der Waals surface area contributed by atoms with Gasteiger partial charge < -0.3 is 16.6 Å². The minimum atomic E-state index is -0.689. The van der Waals surface area contributed by atoms with Crippen LogP contribution < -0.4 is 11.5 Å². The smallest absolute Gasteiger partial charge is 0.252 e. The van der Waals surface area contributed by atoms with Crippen molar-refractivity contribution in [2.75, 3.05) is 0 Å². The summed E-state index contributed by atoms with van der Waals surface area (Å²) in [4.78, 5) is 11.2. The molecular formula is C13H14ClN3O2. The molecule has 6 heteroatoms. The van der Waals surface area contributed by atoms with Gasteiger partial charge in [-0.15, -0.1) is 12.4 Å². The van der Waals surface area contributed by atoms with E-state index in [0.29, 0.717) is 16.5 Å². The Balaban J connectivity index is 0.00000180. The van der Waals surface area contributed by atoms with E-state index in [4.69, 9.17) is 16.9 Å². The fourth-order valence-corrected chi connectivity index (χ4v) is 1.93. The van der Waals surface area contributed by atoms with Gasteiger partial charge in [0.2, 0.25) is 0 Å². The highest BCUT2D eigenvalue weighted by atomic mass is 35.5. The van der Waals surface area contributed by atoms with E-state index in [-0.39, 0.29) is 29.6 Å². The van der Waals surface area contributed by atoms with Gasteiger partial charge in [-0.3, -0.25) is 10.2 Å². The van der Waals surface area contributed by atoms with Crippen LogP contribution in [0, 0.1) is 12.3 Å². The summed E-state index contributed by atoms with van der Waals surface area (Å²) in [5.41, 5.74) is 11.8. The monoisotopic (exact) mass is 279 g/mol. The lowest BCUT2D eigenvalue weighted by atomic mass is 9.98. The van der Waals surface area contributed by atoms with Gasteiger partial charge in [-0.2, -0.15) is 0 Å². The van der Waals surface area contributed by atoms with Gasteiger partial charge in [-0.25, -0.2) is 0 Å². The number of halogens is 1. The number of nitrogen functional groups attached to an aromatic ring is 1. The van der Waals surface area contributed by atoms with E-state index in [1.807, 2.05) is 0 Å². The van der Waals surface area contributed by atoms with Crippen LogP contribution in [0.25, 0.3) is 10.8 Å². The summed E-state index contributed by atoms with van der Waals surface area (Å²) in [5, 5.41) is 18.8. The van der Waals surface area contributed by atoms with Crippen molar-refractivity contribution in [1.29, 1.82) is 5.41 Å². The molecule has 100 valence electrons. The molecule has 0 radical (unpaired) electrons. The Kier molecular flexibility index (Phi) is 4.01. The zero-order valence-corrected chi connectivity index (χ0v) is 11.0. The number of hydrogen-bond donors (Lipinski definition) is 4.